The van der Waals surface area contributed by atoms with Crippen molar-refractivity contribution in [3.05, 3.63) is 23.8 Å². The lowest BCUT2D eigenvalue weighted by molar-refractivity contribution is -0.131. The van der Waals surface area contributed by atoms with Gasteiger partial charge in [-0.2, -0.15) is 0 Å². The lowest BCUT2D eigenvalue weighted by Gasteiger charge is -2.21. The Morgan fingerprint density at radius 3 is 2.57 bits per heavy atom. The number of hydrogen-bond donors (Lipinski definition) is 1. The van der Waals surface area contributed by atoms with Gasteiger partial charge in [0.1, 0.15) is 17.1 Å². The van der Waals surface area contributed by atoms with Crippen LogP contribution in [0.5, 0.6) is 11.5 Å². The largest absolute Gasteiger partial charge is 0.493 e. The van der Waals surface area contributed by atoms with E-state index >= 15 is 0 Å². The average Bonchev–Trinajstić information content (AvgIpc) is 2.45. The van der Waals surface area contributed by atoms with Crippen molar-refractivity contribution in [3.63, 3.8) is 0 Å². The van der Waals surface area contributed by atoms with E-state index in [2.05, 4.69) is 0 Å². The highest BCUT2D eigenvalue weighted by atomic mass is 16.5. The zero-order valence-corrected chi connectivity index (χ0v) is 12.1. The van der Waals surface area contributed by atoms with Crippen LogP contribution in [-0.2, 0) is 4.79 Å². The molecule has 1 N–H and O–H groups in total. The van der Waals surface area contributed by atoms with Crippen LogP contribution in [0.3, 0.4) is 0 Å². The first-order chi connectivity index (χ1) is 10.1. The molecule has 5 nitrogen and oxygen atoms in total. The van der Waals surface area contributed by atoms with Gasteiger partial charge in [-0.05, 0) is 30.9 Å². The summed E-state index contributed by atoms with van der Waals surface area (Å²) in [6.07, 6.45) is 6.11. The normalized spacial score (nSPS) is 15.5. The molecule has 1 aliphatic carbocycles. The minimum absolute atomic E-state index is 0.0242. The van der Waals surface area contributed by atoms with Gasteiger partial charge in [0.05, 0.1) is 6.61 Å². The number of ether oxygens (including phenoxy) is 2. The van der Waals surface area contributed by atoms with Crippen LogP contribution < -0.4 is 9.47 Å². The number of esters is 1. The van der Waals surface area contributed by atoms with Crippen molar-refractivity contribution in [3.8, 4) is 11.5 Å². The van der Waals surface area contributed by atoms with Gasteiger partial charge in [0.25, 0.3) is 0 Å². The van der Waals surface area contributed by atoms with Crippen LogP contribution in [0.25, 0.3) is 0 Å². The van der Waals surface area contributed by atoms with E-state index in [-0.39, 0.29) is 11.3 Å². The molecule has 1 saturated carbocycles. The molecule has 1 aliphatic rings. The van der Waals surface area contributed by atoms with E-state index in [4.69, 9.17) is 14.6 Å². The number of benzene rings is 1. The minimum atomic E-state index is -1.13. The van der Waals surface area contributed by atoms with E-state index in [0.717, 1.165) is 0 Å². The van der Waals surface area contributed by atoms with E-state index in [0.29, 0.717) is 18.3 Å². The van der Waals surface area contributed by atoms with Crippen molar-refractivity contribution in [2.75, 3.05) is 6.61 Å². The fourth-order valence-corrected chi connectivity index (χ4v) is 2.58. The Kier molecular flexibility index (Phi) is 5.20. The number of carboxylic acid groups (broad SMARTS) is 1. The highest BCUT2D eigenvalue weighted by molar-refractivity contribution is 5.92. The second-order valence-corrected chi connectivity index (χ2v) is 5.37. The standard InChI is InChI=1S/C16H20O5/c1-11(17)21-15-9-13(7-8-14(15)16(18)19)20-10-12-5-3-2-4-6-12/h7-9,12H,2-6,10H2,1H3,(H,18,19). The van der Waals surface area contributed by atoms with Crippen LogP contribution in [0.1, 0.15) is 49.4 Å². The van der Waals surface area contributed by atoms with Crippen molar-refractivity contribution in [1.29, 1.82) is 0 Å². The molecular formula is C16H20O5. The molecule has 114 valence electrons. The molecule has 1 fully saturated rings. The molecule has 0 heterocycles. The van der Waals surface area contributed by atoms with Crippen molar-refractivity contribution < 1.29 is 24.2 Å². The first kappa shape index (κ1) is 15.4. The third kappa shape index (κ3) is 4.48. The quantitative estimate of drug-likeness (QED) is 0.666. The third-order valence-electron chi connectivity index (χ3n) is 3.65. The fourth-order valence-electron chi connectivity index (χ4n) is 2.58. The van der Waals surface area contributed by atoms with Gasteiger partial charge in [0.2, 0.25) is 0 Å². The summed E-state index contributed by atoms with van der Waals surface area (Å²) in [4.78, 5) is 22.1. The maximum absolute atomic E-state index is 11.1. The van der Waals surface area contributed by atoms with Crippen LogP contribution in [0.2, 0.25) is 0 Å². The number of rotatable bonds is 5. The molecule has 1 aromatic carbocycles. The number of aromatic carboxylic acids is 1. The first-order valence-electron chi connectivity index (χ1n) is 7.25. The molecule has 0 spiro atoms. The molecule has 0 atom stereocenters. The van der Waals surface area contributed by atoms with E-state index in [1.807, 2.05) is 0 Å². The van der Waals surface area contributed by atoms with Crippen molar-refractivity contribution in [1.82, 2.24) is 0 Å². The molecule has 0 aromatic heterocycles. The second kappa shape index (κ2) is 7.11. The monoisotopic (exact) mass is 292 g/mol. The number of carbonyl (C=O) groups excluding carboxylic acids is 1. The summed E-state index contributed by atoms with van der Waals surface area (Å²) < 4.78 is 10.7. The number of carboxylic acids is 1. The number of hydrogen-bond acceptors (Lipinski definition) is 4. The maximum Gasteiger partial charge on any atom is 0.339 e. The van der Waals surface area contributed by atoms with Gasteiger partial charge in [0, 0.05) is 13.0 Å². The number of carbonyl (C=O) groups is 2. The van der Waals surface area contributed by atoms with Crippen LogP contribution in [0.4, 0.5) is 0 Å². The van der Waals surface area contributed by atoms with Crippen LogP contribution in [-0.4, -0.2) is 23.7 Å². The Hall–Kier alpha value is -2.04. The third-order valence-corrected chi connectivity index (χ3v) is 3.65. The Balaban J connectivity index is 2.05. The Morgan fingerprint density at radius 2 is 1.95 bits per heavy atom. The lowest BCUT2D eigenvalue weighted by Crippen LogP contribution is -2.15. The summed E-state index contributed by atoms with van der Waals surface area (Å²) in [7, 11) is 0. The van der Waals surface area contributed by atoms with Crippen molar-refractivity contribution >= 4 is 11.9 Å². The van der Waals surface area contributed by atoms with Gasteiger partial charge in [0.15, 0.2) is 0 Å². The Labute approximate surface area is 123 Å². The minimum Gasteiger partial charge on any atom is -0.493 e. The molecule has 0 saturated heterocycles. The van der Waals surface area contributed by atoms with Crippen molar-refractivity contribution in [2.45, 2.75) is 39.0 Å². The molecule has 2 rings (SSSR count). The summed E-state index contributed by atoms with van der Waals surface area (Å²) >= 11 is 0. The average molecular weight is 292 g/mol. The summed E-state index contributed by atoms with van der Waals surface area (Å²) in [6.45, 7) is 1.85. The molecular weight excluding hydrogens is 272 g/mol. The molecule has 5 heteroatoms. The van der Waals surface area contributed by atoms with Gasteiger partial charge >= 0.3 is 11.9 Å². The molecule has 1 aromatic rings. The van der Waals surface area contributed by atoms with Gasteiger partial charge in [-0.1, -0.05) is 19.3 Å². The first-order valence-corrected chi connectivity index (χ1v) is 7.25. The highest BCUT2D eigenvalue weighted by Gasteiger charge is 2.17. The molecule has 0 radical (unpaired) electrons. The Bertz CT molecular complexity index is 517. The fraction of sp³-hybridized carbons (Fsp3) is 0.500. The SMILES string of the molecule is CC(=O)Oc1cc(OCC2CCCCC2)ccc1C(=O)O. The van der Waals surface area contributed by atoms with E-state index in [1.165, 1.54) is 51.2 Å². The molecule has 0 bridgehead atoms. The van der Waals surface area contributed by atoms with Gasteiger partial charge in [-0.3, -0.25) is 4.79 Å². The van der Waals surface area contributed by atoms with Crippen LogP contribution in [0.15, 0.2) is 18.2 Å². The zero-order chi connectivity index (χ0) is 15.2. The Morgan fingerprint density at radius 1 is 1.24 bits per heavy atom. The summed E-state index contributed by atoms with van der Waals surface area (Å²) in [6, 6.07) is 4.46. The molecule has 21 heavy (non-hydrogen) atoms. The van der Waals surface area contributed by atoms with Gasteiger partial charge in [-0.15, -0.1) is 0 Å². The van der Waals surface area contributed by atoms with Crippen LogP contribution >= 0.6 is 0 Å². The van der Waals surface area contributed by atoms with Gasteiger partial charge in [-0.25, -0.2) is 4.79 Å². The topological polar surface area (TPSA) is 72.8 Å². The lowest BCUT2D eigenvalue weighted by atomic mass is 9.90. The molecule has 0 unspecified atom stereocenters. The maximum atomic E-state index is 11.1. The second-order valence-electron chi connectivity index (χ2n) is 5.37. The highest BCUT2D eigenvalue weighted by Crippen LogP contribution is 2.28. The molecule has 0 aliphatic heterocycles. The van der Waals surface area contributed by atoms with Crippen molar-refractivity contribution in [2.24, 2.45) is 5.92 Å². The van der Waals surface area contributed by atoms with E-state index < -0.39 is 11.9 Å². The summed E-state index contributed by atoms with van der Waals surface area (Å²) in [5.41, 5.74) is -0.0461. The molecule has 0 amide bonds. The summed E-state index contributed by atoms with van der Waals surface area (Å²) in [5, 5.41) is 9.07. The summed E-state index contributed by atoms with van der Waals surface area (Å²) in [5.74, 6) is -0.583. The predicted octanol–water partition coefficient (Wildman–Crippen LogP) is 3.27. The smallest absolute Gasteiger partial charge is 0.339 e. The van der Waals surface area contributed by atoms with Crippen LogP contribution in [0, 0.1) is 5.92 Å². The van der Waals surface area contributed by atoms with E-state index in [9.17, 15) is 9.59 Å². The zero-order valence-electron chi connectivity index (χ0n) is 12.1. The predicted molar refractivity (Wildman–Crippen MR) is 76.8 cm³/mol. The van der Waals surface area contributed by atoms with E-state index in [1.54, 1.807) is 6.07 Å². The van der Waals surface area contributed by atoms with Gasteiger partial charge < -0.3 is 14.6 Å².